The first-order chi connectivity index (χ1) is 9.10. The molecule has 0 aliphatic rings. The molecule has 1 aromatic carbocycles. The van der Waals surface area contributed by atoms with Gasteiger partial charge < -0.3 is 10.3 Å². The highest BCUT2D eigenvalue weighted by atomic mass is 32.2. The fourth-order valence-corrected chi connectivity index (χ4v) is 2.40. The van der Waals surface area contributed by atoms with Crippen molar-refractivity contribution in [2.75, 3.05) is 5.73 Å². The minimum Gasteiger partial charge on any atom is -0.398 e. The Labute approximate surface area is 117 Å². The van der Waals surface area contributed by atoms with Crippen molar-refractivity contribution in [3.05, 3.63) is 29.6 Å². The number of nitrogen functional groups attached to an aromatic ring is 1. The summed E-state index contributed by atoms with van der Waals surface area (Å²) >= 11 is 1.83. The first-order valence-corrected chi connectivity index (χ1v) is 7.45. The van der Waals surface area contributed by atoms with E-state index in [2.05, 4.69) is 24.0 Å². The Balaban J connectivity index is 2.14. The molecule has 0 fully saturated rings. The number of nitrogens with two attached hydrogens (primary N) is 1. The van der Waals surface area contributed by atoms with Gasteiger partial charge in [0.25, 0.3) is 5.89 Å². The number of nitrogens with zero attached hydrogens (tertiary/aromatic N) is 2. The van der Waals surface area contributed by atoms with Crippen LogP contribution in [-0.2, 0) is 5.75 Å². The van der Waals surface area contributed by atoms with Gasteiger partial charge in [0.2, 0.25) is 0 Å². The van der Waals surface area contributed by atoms with Crippen molar-refractivity contribution in [3.8, 4) is 11.5 Å². The van der Waals surface area contributed by atoms with Gasteiger partial charge >= 0.3 is 0 Å². The van der Waals surface area contributed by atoms with Gasteiger partial charge in [0, 0.05) is 10.9 Å². The molecule has 1 heterocycles. The Morgan fingerprint density at radius 3 is 2.95 bits per heavy atom. The molecule has 2 rings (SSSR count). The summed E-state index contributed by atoms with van der Waals surface area (Å²) in [6.45, 7) is 6.38. The normalized spacial score (nSPS) is 12.6. The molecule has 1 aromatic heterocycles. The van der Waals surface area contributed by atoms with E-state index in [0.29, 0.717) is 16.8 Å². The topological polar surface area (TPSA) is 64.9 Å². The quantitative estimate of drug-likeness (QED) is 0.845. The third-order valence-corrected chi connectivity index (χ3v) is 4.31. The van der Waals surface area contributed by atoms with Crippen molar-refractivity contribution < 1.29 is 4.52 Å². The Bertz CT molecular complexity index is 553. The second kappa shape index (κ2) is 6.10. The van der Waals surface area contributed by atoms with E-state index >= 15 is 0 Å². The number of thioether (sulfide) groups is 1. The zero-order valence-corrected chi connectivity index (χ0v) is 12.3. The van der Waals surface area contributed by atoms with Crippen LogP contribution in [0.1, 0.15) is 31.7 Å². The highest BCUT2D eigenvalue weighted by Crippen LogP contribution is 2.26. The van der Waals surface area contributed by atoms with Crippen molar-refractivity contribution >= 4 is 17.4 Å². The second-order valence-corrected chi connectivity index (χ2v) is 6.06. The van der Waals surface area contributed by atoms with E-state index in [-0.39, 0.29) is 0 Å². The van der Waals surface area contributed by atoms with E-state index in [1.54, 1.807) is 0 Å². The maximum atomic E-state index is 5.94. The van der Waals surface area contributed by atoms with Gasteiger partial charge in [-0.15, -0.1) is 0 Å². The second-order valence-electron chi connectivity index (χ2n) is 4.64. The highest BCUT2D eigenvalue weighted by molar-refractivity contribution is 7.99. The molecule has 1 unspecified atom stereocenters. The smallest absolute Gasteiger partial charge is 0.260 e. The first kappa shape index (κ1) is 13.9. The van der Waals surface area contributed by atoms with Crippen LogP contribution >= 0.6 is 11.8 Å². The van der Waals surface area contributed by atoms with E-state index in [0.717, 1.165) is 29.1 Å². The predicted molar refractivity (Wildman–Crippen MR) is 79.9 cm³/mol. The molecule has 102 valence electrons. The summed E-state index contributed by atoms with van der Waals surface area (Å²) in [6.07, 6.45) is 1.14. The maximum Gasteiger partial charge on any atom is 0.260 e. The Hall–Kier alpha value is -1.49. The van der Waals surface area contributed by atoms with E-state index < -0.39 is 0 Å². The molecule has 0 amide bonds. The third-order valence-electron chi connectivity index (χ3n) is 2.98. The van der Waals surface area contributed by atoms with Gasteiger partial charge in [0.1, 0.15) is 0 Å². The molecule has 5 heteroatoms. The summed E-state index contributed by atoms with van der Waals surface area (Å²) in [5, 5.41) is 4.61. The summed E-state index contributed by atoms with van der Waals surface area (Å²) in [6, 6.07) is 5.80. The molecule has 0 bridgehead atoms. The van der Waals surface area contributed by atoms with Gasteiger partial charge in [-0.25, -0.2) is 0 Å². The minimum absolute atomic E-state index is 0.501. The third kappa shape index (κ3) is 3.50. The summed E-state index contributed by atoms with van der Waals surface area (Å²) < 4.78 is 5.30. The van der Waals surface area contributed by atoms with Crippen LogP contribution in [-0.4, -0.2) is 15.4 Å². The molecule has 0 aliphatic heterocycles. The standard InChI is InChI=1S/C14H19N3OS/c1-4-10(3)19-8-13-16-14(18-17-13)11-7-9(2)5-6-12(11)15/h5-7,10H,4,8,15H2,1-3H3. The molecular formula is C14H19N3OS. The predicted octanol–water partition coefficient (Wildman–Crippen LogP) is 3.66. The zero-order chi connectivity index (χ0) is 13.8. The summed E-state index contributed by atoms with van der Waals surface area (Å²) in [5.74, 6) is 1.99. The summed E-state index contributed by atoms with van der Waals surface area (Å²) in [5.41, 5.74) is 8.54. The fraction of sp³-hybridized carbons (Fsp3) is 0.429. The molecule has 4 nitrogen and oxygen atoms in total. The highest BCUT2D eigenvalue weighted by Gasteiger charge is 2.12. The molecule has 0 saturated carbocycles. The van der Waals surface area contributed by atoms with Crippen LogP contribution in [0.5, 0.6) is 0 Å². The maximum absolute atomic E-state index is 5.94. The average Bonchev–Trinajstić information content (AvgIpc) is 2.87. The number of aromatic nitrogens is 2. The summed E-state index contributed by atoms with van der Waals surface area (Å²) in [4.78, 5) is 4.41. The van der Waals surface area contributed by atoms with E-state index in [9.17, 15) is 0 Å². The van der Waals surface area contributed by atoms with Crippen LogP contribution in [0.4, 0.5) is 5.69 Å². The SMILES string of the molecule is CCC(C)SCc1noc(-c2cc(C)ccc2N)n1. The van der Waals surface area contributed by atoms with Crippen molar-refractivity contribution in [2.24, 2.45) is 0 Å². The first-order valence-electron chi connectivity index (χ1n) is 6.40. The van der Waals surface area contributed by atoms with Crippen molar-refractivity contribution in [1.82, 2.24) is 10.1 Å². The van der Waals surface area contributed by atoms with Crippen LogP contribution in [0.15, 0.2) is 22.7 Å². The molecule has 0 spiro atoms. The Morgan fingerprint density at radius 2 is 2.21 bits per heavy atom. The van der Waals surface area contributed by atoms with Crippen molar-refractivity contribution in [2.45, 2.75) is 38.2 Å². The lowest BCUT2D eigenvalue weighted by atomic mass is 10.1. The van der Waals surface area contributed by atoms with Crippen molar-refractivity contribution in [3.63, 3.8) is 0 Å². The lowest BCUT2D eigenvalue weighted by molar-refractivity contribution is 0.425. The van der Waals surface area contributed by atoms with Gasteiger partial charge in [-0.05, 0) is 25.5 Å². The number of hydrogen-bond acceptors (Lipinski definition) is 5. The molecular weight excluding hydrogens is 258 g/mol. The lowest BCUT2D eigenvalue weighted by Crippen LogP contribution is -1.95. The summed E-state index contributed by atoms with van der Waals surface area (Å²) in [7, 11) is 0. The van der Waals surface area contributed by atoms with Crippen molar-refractivity contribution in [1.29, 1.82) is 0 Å². The number of benzene rings is 1. The molecule has 1 atom stereocenters. The van der Waals surface area contributed by atoms with E-state index in [4.69, 9.17) is 10.3 Å². The van der Waals surface area contributed by atoms with Gasteiger partial charge in [-0.3, -0.25) is 0 Å². The molecule has 0 saturated heterocycles. The molecule has 19 heavy (non-hydrogen) atoms. The lowest BCUT2D eigenvalue weighted by Gasteiger charge is -2.04. The Kier molecular flexibility index (Phi) is 4.47. The van der Waals surface area contributed by atoms with Gasteiger partial charge in [-0.1, -0.05) is 30.6 Å². The van der Waals surface area contributed by atoms with Crippen LogP contribution in [0, 0.1) is 6.92 Å². The minimum atomic E-state index is 0.501. The monoisotopic (exact) mass is 277 g/mol. The Morgan fingerprint density at radius 1 is 1.42 bits per heavy atom. The zero-order valence-electron chi connectivity index (χ0n) is 11.5. The van der Waals surface area contributed by atoms with E-state index in [1.807, 2.05) is 36.9 Å². The van der Waals surface area contributed by atoms with Crippen LogP contribution < -0.4 is 5.73 Å². The fourth-order valence-electron chi connectivity index (χ4n) is 1.61. The molecule has 0 radical (unpaired) electrons. The number of anilines is 1. The average molecular weight is 277 g/mol. The van der Waals surface area contributed by atoms with E-state index in [1.165, 1.54) is 0 Å². The molecule has 2 N–H and O–H groups in total. The molecule has 2 aromatic rings. The number of rotatable bonds is 5. The number of hydrogen-bond donors (Lipinski definition) is 1. The van der Waals surface area contributed by atoms with Crippen LogP contribution in [0.25, 0.3) is 11.5 Å². The molecule has 0 aliphatic carbocycles. The van der Waals surface area contributed by atoms with Crippen LogP contribution in [0.2, 0.25) is 0 Å². The van der Waals surface area contributed by atoms with Crippen LogP contribution in [0.3, 0.4) is 0 Å². The van der Waals surface area contributed by atoms with Gasteiger partial charge in [-0.2, -0.15) is 16.7 Å². The van der Waals surface area contributed by atoms with Gasteiger partial charge in [0.15, 0.2) is 5.82 Å². The largest absolute Gasteiger partial charge is 0.398 e. The number of aryl methyl sites for hydroxylation is 1. The van der Waals surface area contributed by atoms with Gasteiger partial charge in [0.05, 0.1) is 11.3 Å².